The third-order valence-electron chi connectivity index (χ3n) is 1.46. The minimum atomic E-state index is -0.156. The predicted octanol–water partition coefficient (Wildman–Crippen LogP) is 3.01. The standard InChI is InChI=1S/C10H12FNS.ClH/c11-9(6-7-12)8-13-10-4-2-1-3-5-10;/h1-6H,7-8,12H2;1H/b9-6-;. The Kier molecular flexibility index (Phi) is 7.57. The molecular formula is C10H13ClFNS. The van der Waals surface area contributed by atoms with Crippen LogP contribution in [0.3, 0.4) is 0 Å². The van der Waals surface area contributed by atoms with Crippen molar-refractivity contribution in [1.29, 1.82) is 0 Å². The van der Waals surface area contributed by atoms with Gasteiger partial charge in [-0.15, -0.1) is 24.2 Å². The first-order valence-electron chi connectivity index (χ1n) is 4.05. The molecule has 2 N–H and O–H groups in total. The maximum absolute atomic E-state index is 12.8. The van der Waals surface area contributed by atoms with Crippen LogP contribution in [0.15, 0.2) is 47.1 Å². The highest BCUT2D eigenvalue weighted by molar-refractivity contribution is 7.99. The van der Waals surface area contributed by atoms with E-state index in [-0.39, 0.29) is 24.8 Å². The molecule has 0 aliphatic rings. The fourth-order valence-electron chi connectivity index (χ4n) is 0.856. The van der Waals surface area contributed by atoms with Crippen LogP contribution in [-0.4, -0.2) is 12.3 Å². The lowest BCUT2D eigenvalue weighted by molar-refractivity contribution is 0.640. The summed E-state index contributed by atoms with van der Waals surface area (Å²) >= 11 is 1.47. The molecule has 1 aromatic rings. The molecule has 0 aliphatic heterocycles. The zero-order valence-corrected chi connectivity index (χ0v) is 9.28. The van der Waals surface area contributed by atoms with E-state index in [0.717, 1.165) is 4.90 Å². The van der Waals surface area contributed by atoms with E-state index >= 15 is 0 Å². The number of rotatable bonds is 4. The quantitative estimate of drug-likeness (QED) is 0.810. The van der Waals surface area contributed by atoms with Crippen LogP contribution < -0.4 is 5.73 Å². The summed E-state index contributed by atoms with van der Waals surface area (Å²) in [5.74, 6) is 0.206. The minimum Gasteiger partial charge on any atom is -0.327 e. The highest BCUT2D eigenvalue weighted by Crippen LogP contribution is 2.19. The molecule has 0 bridgehead atoms. The fourth-order valence-corrected chi connectivity index (χ4v) is 1.63. The van der Waals surface area contributed by atoms with Gasteiger partial charge in [0.2, 0.25) is 0 Å². The Morgan fingerprint density at radius 2 is 2.00 bits per heavy atom. The van der Waals surface area contributed by atoms with E-state index in [4.69, 9.17) is 5.73 Å². The Balaban J connectivity index is 0.00000169. The third-order valence-corrected chi connectivity index (χ3v) is 2.48. The third kappa shape index (κ3) is 5.27. The zero-order chi connectivity index (χ0) is 9.52. The van der Waals surface area contributed by atoms with Crippen molar-refractivity contribution in [1.82, 2.24) is 0 Å². The molecule has 14 heavy (non-hydrogen) atoms. The molecule has 1 aromatic carbocycles. The van der Waals surface area contributed by atoms with Crippen molar-refractivity contribution in [2.45, 2.75) is 4.90 Å². The number of benzene rings is 1. The van der Waals surface area contributed by atoms with Crippen molar-refractivity contribution in [2.24, 2.45) is 5.73 Å². The van der Waals surface area contributed by atoms with Crippen molar-refractivity contribution in [2.75, 3.05) is 12.3 Å². The lowest BCUT2D eigenvalue weighted by Crippen LogP contribution is -1.94. The van der Waals surface area contributed by atoms with Crippen LogP contribution >= 0.6 is 24.2 Å². The van der Waals surface area contributed by atoms with Crippen LogP contribution in [-0.2, 0) is 0 Å². The van der Waals surface area contributed by atoms with Gasteiger partial charge in [-0.3, -0.25) is 0 Å². The summed E-state index contributed by atoms with van der Waals surface area (Å²) in [6.45, 7) is 0.265. The van der Waals surface area contributed by atoms with E-state index in [2.05, 4.69) is 0 Å². The molecule has 0 spiro atoms. The predicted molar refractivity (Wildman–Crippen MR) is 62.7 cm³/mol. The second-order valence-electron chi connectivity index (χ2n) is 2.49. The van der Waals surface area contributed by atoms with E-state index in [1.54, 1.807) is 0 Å². The van der Waals surface area contributed by atoms with Crippen molar-refractivity contribution >= 4 is 24.2 Å². The number of hydrogen-bond donors (Lipinski definition) is 1. The van der Waals surface area contributed by atoms with E-state index in [9.17, 15) is 4.39 Å². The molecule has 0 unspecified atom stereocenters. The maximum Gasteiger partial charge on any atom is 0.107 e. The summed E-state index contributed by atoms with van der Waals surface area (Å²) in [5, 5.41) is 0. The van der Waals surface area contributed by atoms with Gasteiger partial charge >= 0.3 is 0 Å². The molecule has 0 heterocycles. The zero-order valence-electron chi connectivity index (χ0n) is 7.65. The van der Waals surface area contributed by atoms with Crippen LogP contribution in [0.1, 0.15) is 0 Å². The van der Waals surface area contributed by atoms with Gasteiger partial charge in [0.1, 0.15) is 5.83 Å². The molecular weight excluding hydrogens is 221 g/mol. The number of hydrogen-bond acceptors (Lipinski definition) is 2. The van der Waals surface area contributed by atoms with Crippen molar-refractivity contribution in [3.63, 3.8) is 0 Å². The van der Waals surface area contributed by atoms with Gasteiger partial charge in [-0.25, -0.2) is 4.39 Å². The molecule has 0 saturated carbocycles. The molecule has 4 heteroatoms. The Bertz CT molecular complexity index is 277. The normalized spacial score (nSPS) is 10.9. The van der Waals surface area contributed by atoms with E-state index in [0.29, 0.717) is 5.75 Å². The molecule has 0 fully saturated rings. The lowest BCUT2D eigenvalue weighted by Gasteiger charge is -1.98. The van der Waals surface area contributed by atoms with Gasteiger partial charge < -0.3 is 5.73 Å². The largest absolute Gasteiger partial charge is 0.327 e. The van der Waals surface area contributed by atoms with E-state index in [1.807, 2.05) is 30.3 Å². The fraction of sp³-hybridized carbons (Fsp3) is 0.200. The molecule has 0 aromatic heterocycles. The second-order valence-corrected chi connectivity index (χ2v) is 3.54. The smallest absolute Gasteiger partial charge is 0.107 e. The maximum atomic E-state index is 12.8. The summed E-state index contributed by atoms with van der Waals surface area (Å²) in [5.41, 5.74) is 5.17. The summed E-state index contributed by atoms with van der Waals surface area (Å²) in [4.78, 5) is 1.07. The van der Waals surface area contributed by atoms with E-state index in [1.165, 1.54) is 17.8 Å². The average Bonchev–Trinajstić information content (AvgIpc) is 2.17. The van der Waals surface area contributed by atoms with Gasteiger partial charge in [0.25, 0.3) is 0 Å². The summed E-state index contributed by atoms with van der Waals surface area (Å²) < 4.78 is 12.8. The molecule has 1 rings (SSSR count). The van der Waals surface area contributed by atoms with Crippen LogP contribution in [0.25, 0.3) is 0 Å². The number of halogens is 2. The number of thioether (sulfide) groups is 1. The van der Waals surface area contributed by atoms with Crippen molar-refractivity contribution < 1.29 is 4.39 Å². The first kappa shape index (κ1) is 13.5. The van der Waals surface area contributed by atoms with Crippen LogP contribution in [0.2, 0.25) is 0 Å². The summed E-state index contributed by atoms with van der Waals surface area (Å²) in [6, 6.07) is 9.73. The van der Waals surface area contributed by atoms with Gasteiger partial charge in [0.15, 0.2) is 0 Å². The SMILES string of the molecule is Cl.NC/C=C(\F)CSc1ccccc1. The van der Waals surface area contributed by atoms with Gasteiger partial charge in [-0.2, -0.15) is 0 Å². The molecule has 0 amide bonds. The Hall–Kier alpha value is -0.510. The molecule has 0 radical (unpaired) electrons. The monoisotopic (exact) mass is 233 g/mol. The first-order chi connectivity index (χ1) is 6.33. The average molecular weight is 234 g/mol. The number of nitrogens with two attached hydrogens (primary N) is 1. The Labute approximate surface area is 94.0 Å². The molecule has 1 nitrogen and oxygen atoms in total. The van der Waals surface area contributed by atoms with Gasteiger partial charge in [-0.1, -0.05) is 18.2 Å². The first-order valence-corrected chi connectivity index (χ1v) is 5.04. The van der Waals surface area contributed by atoms with Crippen LogP contribution in [0, 0.1) is 0 Å². The Morgan fingerprint density at radius 1 is 1.36 bits per heavy atom. The van der Waals surface area contributed by atoms with Gasteiger partial charge in [0.05, 0.1) is 0 Å². The van der Waals surface area contributed by atoms with Gasteiger partial charge in [-0.05, 0) is 18.2 Å². The molecule has 78 valence electrons. The molecule has 0 atom stereocenters. The van der Waals surface area contributed by atoms with E-state index < -0.39 is 0 Å². The van der Waals surface area contributed by atoms with Gasteiger partial charge in [0, 0.05) is 17.2 Å². The lowest BCUT2D eigenvalue weighted by atomic mass is 10.4. The summed E-state index contributed by atoms with van der Waals surface area (Å²) in [6.07, 6.45) is 1.40. The van der Waals surface area contributed by atoms with Crippen molar-refractivity contribution in [3.8, 4) is 0 Å². The van der Waals surface area contributed by atoms with Crippen molar-refractivity contribution in [3.05, 3.63) is 42.2 Å². The molecule has 0 saturated heterocycles. The Morgan fingerprint density at radius 3 is 2.57 bits per heavy atom. The highest BCUT2D eigenvalue weighted by Gasteiger charge is 1.95. The molecule has 0 aliphatic carbocycles. The highest BCUT2D eigenvalue weighted by atomic mass is 35.5. The summed E-state index contributed by atoms with van der Waals surface area (Å²) in [7, 11) is 0. The van der Waals surface area contributed by atoms with Crippen LogP contribution in [0.5, 0.6) is 0 Å². The topological polar surface area (TPSA) is 26.0 Å². The second kappa shape index (κ2) is 7.85. The van der Waals surface area contributed by atoms with Crippen LogP contribution in [0.4, 0.5) is 4.39 Å². The minimum absolute atomic E-state index is 0.